The smallest absolute Gasteiger partial charge is 0.240 e. The van der Waals surface area contributed by atoms with E-state index >= 15 is 0 Å². The first kappa shape index (κ1) is 23.5. The summed E-state index contributed by atoms with van der Waals surface area (Å²) in [7, 11) is -3.63. The molecule has 0 saturated carbocycles. The number of nitrogens with one attached hydrogen (secondary N) is 3. The Bertz CT molecular complexity index is 1160. The van der Waals surface area contributed by atoms with Crippen LogP contribution in [0.1, 0.15) is 23.7 Å². The molecule has 3 N–H and O–H groups in total. The van der Waals surface area contributed by atoms with Crippen LogP contribution in [0.5, 0.6) is 5.75 Å². The van der Waals surface area contributed by atoms with Crippen LogP contribution >= 0.6 is 0 Å². The average Bonchev–Trinajstić information content (AvgIpc) is 2.74. The molecule has 2 aromatic carbocycles. The Morgan fingerprint density at radius 1 is 0.938 bits per heavy atom. The number of hydrogen-bond acceptors (Lipinski definition) is 7. The molecule has 0 amide bonds. The molecule has 0 spiro atoms. The summed E-state index contributed by atoms with van der Waals surface area (Å²) >= 11 is 0. The minimum atomic E-state index is -3.63. The van der Waals surface area contributed by atoms with Crippen LogP contribution in [0.4, 0.5) is 17.5 Å². The molecule has 0 aliphatic carbocycles. The van der Waals surface area contributed by atoms with Gasteiger partial charge in [0.25, 0.3) is 0 Å². The maximum absolute atomic E-state index is 12.6. The molecule has 8 nitrogen and oxygen atoms in total. The first-order valence-electron chi connectivity index (χ1n) is 10.4. The van der Waals surface area contributed by atoms with Gasteiger partial charge in [-0.2, -0.15) is 4.98 Å². The summed E-state index contributed by atoms with van der Waals surface area (Å²) in [6, 6.07) is 14.7. The summed E-state index contributed by atoms with van der Waals surface area (Å²) in [6.45, 7) is 8.67. The summed E-state index contributed by atoms with van der Waals surface area (Å²) in [6.07, 6.45) is 0. The maximum Gasteiger partial charge on any atom is 0.240 e. The van der Waals surface area contributed by atoms with Crippen LogP contribution in [0.2, 0.25) is 0 Å². The van der Waals surface area contributed by atoms with Crippen molar-refractivity contribution in [2.24, 2.45) is 0 Å². The minimum absolute atomic E-state index is 0.187. The van der Waals surface area contributed by atoms with Crippen molar-refractivity contribution >= 4 is 27.5 Å². The van der Waals surface area contributed by atoms with Crippen LogP contribution in [0.3, 0.4) is 0 Å². The Labute approximate surface area is 189 Å². The fraction of sp³-hybridized carbons (Fsp3) is 0.304. The summed E-state index contributed by atoms with van der Waals surface area (Å²) in [5, 5.41) is 6.33. The molecule has 3 aromatic rings. The van der Waals surface area contributed by atoms with Gasteiger partial charge in [-0.1, -0.05) is 17.7 Å². The SMILES string of the molecule is CCOc1ccc(S(=O)(=O)NCCNc2nc(C)cc(Nc3ccc(C)cc3)n2)cc1C. The van der Waals surface area contributed by atoms with Crippen molar-refractivity contribution in [3.63, 3.8) is 0 Å². The van der Waals surface area contributed by atoms with Crippen molar-refractivity contribution in [3.05, 3.63) is 65.4 Å². The number of sulfonamides is 1. The number of rotatable bonds is 10. The number of nitrogens with zero attached hydrogens (tertiary/aromatic N) is 2. The molecule has 3 rings (SSSR count). The molecular formula is C23H29N5O3S. The van der Waals surface area contributed by atoms with Crippen LogP contribution in [0.15, 0.2) is 53.4 Å². The highest BCUT2D eigenvalue weighted by atomic mass is 32.2. The fourth-order valence-corrected chi connectivity index (χ4v) is 4.16. The van der Waals surface area contributed by atoms with E-state index in [0.717, 1.165) is 16.9 Å². The standard InChI is InChI=1S/C23H29N5O3S/c1-5-31-21-11-10-20(14-17(21)3)32(29,30)25-13-12-24-23-26-18(4)15-22(28-23)27-19-8-6-16(2)7-9-19/h6-11,14-15,25H,5,12-13H2,1-4H3,(H2,24,26,27,28). The van der Waals surface area contributed by atoms with Gasteiger partial charge in [0.15, 0.2) is 0 Å². The predicted molar refractivity (Wildman–Crippen MR) is 127 cm³/mol. The highest BCUT2D eigenvalue weighted by molar-refractivity contribution is 7.89. The molecule has 0 bridgehead atoms. The lowest BCUT2D eigenvalue weighted by Crippen LogP contribution is -2.29. The minimum Gasteiger partial charge on any atom is -0.494 e. The number of aryl methyl sites for hydroxylation is 3. The molecule has 170 valence electrons. The van der Waals surface area contributed by atoms with Gasteiger partial charge in [-0.25, -0.2) is 18.1 Å². The molecule has 0 atom stereocenters. The van der Waals surface area contributed by atoms with Gasteiger partial charge in [-0.3, -0.25) is 0 Å². The van der Waals surface area contributed by atoms with Gasteiger partial charge in [0.2, 0.25) is 16.0 Å². The maximum atomic E-state index is 12.6. The van der Waals surface area contributed by atoms with E-state index in [1.54, 1.807) is 18.2 Å². The van der Waals surface area contributed by atoms with E-state index in [2.05, 4.69) is 25.3 Å². The molecule has 32 heavy (non-hydrogen) atoms. The van der Waals surface area contributed by atoms with E-state index in [1.165, 1.54) is 5.56 Å². The third-order valence-corrected chi connectivity index (χ3v) is 6.09. The van der Waals surface area contributed by atoms with Crippen molar-refractivity contribution in [1.82, 2.24) is 14.7 Å². The predicted octanol–water partition coefficient (Wildman–Crippen LogP) is 3.93. The van der Waals surface area contributed by atoms with E-state index in [9.17, 15) is 8.42 Å². The molecule has 1 aromatic heterocycles. The Hall–Kier alpha value is -3.17. The highest BCUT2D eigenvalue weighted by Crippen LogP contribution is 2.22. The van der Waals surface area contributed by atoms with Crippen LogP contribution in [-0.4, -0.2) is 38.1 Å². The van der Waals surface area contributed by atoms with Crippen LogP contribution < -0.4 is 20.1 Å². The van der Waals surface area contributed by atoms with Crippen molar-refractivity contribution in [1.29, 1.82) is 0 Å². The molecule has 0 aliphatic heterocycles. The molecule has 0 saturated heterocycles. The molecule has 9 heteroatoms. The fourth-order valence-electron chi connectivity index (χ4n) is 3.05. The summed E-state index contributed by atoms with van der Waals surface area (Å²) in [5.41, 5.74) is 3.68. The molecule has 0 unspecified atom stereocenters. The monoisotopic (exact) mass is 455 g/mol. The average molecular weight is 456 g/mol. The van der Waals surface area contributed by atoms with E-state index in [-0.39, 0.29) is 11.4 Å². The second-order valence-electron chi connectivity index (χ2n) is 7.39. The lowest BCUT2D eigenvalue weighted by atomic mass is 10.2. The number of benzene rings is 2. The highest BCUT2D eigenvalue weighted by Gasteiger charge is 2.15. The van der Waals surface area contributed by atoms with Gasteiger partial charge in [-0.15, -0.1) is 0 Å². The second kappa shape index (κ2) is 10.4. The first-order chi connectivity index (χ1) is 15.3. The Morgan fingerprint density at radius 2 is 1.69 bits per heavy atom. The largest absolute Gasteiger partial charge is 0.494 e. The van der Waals surface area contributed by atoms with Gasteiger partial charge in [0, 0.05) is 30.5 Å². The number of ether oxygens (including phenoxy) is 1. The van der Waals surface area contributed by atoms with Crippen molar-refractivity contribution in [3.8, 4) is 5.75 Å². The van der Waals surface area contributed by atoms with Crippen molar-refractivity contribution in [2.45, 2.75) is 32.6 Å². The normalized spacial score (nSPS) is 11.2. The topological polar surface area (TPSA) is 105 Å². The number of anilines is 3. The van der Waals surface area contributed by atoms with Crippen LogP contribution in [0.25, 0.3) is 0 Å². The van der Waals surface area contributed by atoms with Crippen molar-refractivity contribution in [2.75, 3.05) is 30.3 Å². The van der Waals surface area contributed by atoms with E-state index in [1.807, 2.05) is 58.0 Å². The van der Waals surface area contributed by atoms with Gasteiger partial charge >= 0.3 is 0 Å². The van der Waals surface area contributed by atoms with Crippen molar-refractivity contribution < 1.29 is 13.2 Å². The Balaban J connectivity index is 1.57. The zero-order chi connectivity index (χ0) is 23.1. The van der Waals surface area contributed by atoms with Gasteiger partial charge < -0.3 is 15.4 Å². The van der Waals surface area contributed by atoms with Crippen LogP contribution in [-0.2, 0) is 10.0 Å². The third-order valence-electron chi connectivity index (χ3n) is 4.63. The van der Waals surface area contributed by atoms with E-state index < -0.39 is 10.0 Å². The van der Waals surface area contributed by atoms with E-state index in [0.29, 0.717) is 30.7 Å². The Morgan fingerprint density at radius 3 is 2.38 bits per heavy atom. The molecular weight excluding hydrogens is 426 g/mol. The lowest BCUT2D eigenvalue weighted by Gasteiger charge is -2.12. The zero-order valence-electron chi connectivity index (χ0n) is 18.8. The summed E-state index contributed by atoms with van der Waals surface area (Å²) in [5.74, 6) is 1.77. The summed E-state index contributed by atoms with van der Waals surface area (Å²) < 4.78 is 33.2. The first-order valence-corrected chi connectivity index (χ1v) is 11.9. The van der Waals surface area contributed by atoms with Gasteiger partial charge in [0.05, 0.1) is 11.5 Å². The molecule has 1 heterocycles. The Kier molecular flexibility index (Phi) is 7.66. The number of hydrogen-bond donors (Lipinski definition) is 3. The quantitative estimate of drug-likeness (QED) is 0.398. The summed E-state index contributed by atoms with van der Waals surface area (Å²) in [4.78, 5) is 9.03. The van der Waals surface area contributed by atoms with E-state index in [4.69, 9.17) is 4.74 Å². The third kappa shape index (κ3) is 6.41. The lowest BCUT2D eigenvalue weighted by molar-refractivity contribution is 0.337. The molecule has 0 radical (unpaired) electrons. The second-order valence-corrected chi connectivity index (χ2v) is 9.16. The van der Waals surface area contributed by atoms with Crippen LogP contribution in [0, 0.1) is 20.8 Å². The number of aromatic nitrogens is 2. The molecule has 0 fully saturated rings. The van der Waals surface area contributed by atoms with Gasteiger partial charge in [0.1, 0.15) is 11.6 Å². The molecule has 0 aliphatic rings. The van der Waals surface area contributed by atoms with Gasteiger partial charge in [-0.05, 0) is 63.6 Å². The zero-order valence-corrected chi connectivity index (χ0v) is 19.6.